The average molecular weight is 369 g/mol. The van der Waals surface area contributed by atoms with E-state index < -0.39 is 10.0 Å². The Morgan fingerprint density at radius 2 is 1.92 bits per heavy atom. The van der Waals surface area contributed by atoms with Crippen LogP contribution in [-0.4, -0.2) is 71.4 Å². The zero-order chi connectivity index (χ0) is 18.1. The fourth-order valence-electron chi connectivity index (χ4n) is 2.73. The Bertz CT molecular complexity index is 631. The number of morpholine rings is 1. The zero-order valence-corrected chi connectivity index (χ0v) is 15.5. The minimum absolute atomic E-state index is 0.0465. The molecule has 25 heavy (non-hydrogen) atoms. The number of rotatable bonds is 9. The number of hydrogen-bond acceptors (Lipinski definition) is 5. The Labute approximate surface area is 150 Å². The summed E-state index contributed by atoms with van der Waals surface area (Å²) in [6, 6.07) is 8.94. The Morgan fingerprint density at radius 1 is 1.24 bits per heavy atom. The fourth-order valence-corrected chi connectivity index (χ4v) is 3.70. The molecule has 140 valence electrons. The van der Waals surface area contributed by atoms with Crippen LogP contribution in [0.15, 0.2) is 30.3 Å². The van der Waals surface area contributed by atoms with Crippen LogP contribution in [0.4, 0.5) is 5.69 Å². The molecule has 0 saturated carbocycles. The van der Waals surface area contributed by atoms with Gasteiger partial charge < -0.3 is 10.1 Å². The molecular formula is C17H27N3O4S. The van der Waals surface area contributed by atoms with Gasteiger partial charge in [0.15, 0.2) is 0 Å². The van der Waals surface area contributed by atoms with Crippen molar-refractivity contribution in [3.8, 4) is 0 Å². The van der Waals surface area contributed by atoms with E-state index in [4.69, 9.17) is 4.74 Å². The summed E-state index contributed by atoms with van der Waals surface area (Å²) >= 11 is 0. The third kappa shape index (κ3) is 7.01. The number of ether oxygens (including phenoxy) is 1. The number of amides is 1. The highest BCUT2D eigenvalue weighted by molar-refractivity contribution is 7.92. The van der Waals surface area contributed by atoms with Crippen LogP contribution >= 0.6 is 0 Å². The number of carbonyl (C=O) groups excluding carboxylic acids is 1. The van der Waals surface area contributed by atoms with Crippen LogP contribution in [0.25, 0.3) is 0 Å². The van der Waals surface area contributed by atoms with Gasteiger partial charge in [-0.15, -0.1) is 0 Å². The summed E-state index contributed by atoms with van der Waals surface area (Å²) in [5, 5.41) is 2.89. The molecule has 1 amide bonds. The molecule has 1 fully saturated rings. The molecular weight excluding hydrogens is 342 g/mol. The third-order valence-corrected chi connectivity index (χ3v) is 5.26. The predicted molar refractivity (Wildman–Crippen MR) is 98.1 cm³/mol. The standard InChI is InChI=1S/C17H27N3O4S/c1-25(22,23)20(16-6-3-2-4-7-16)10-5-8-17(21)18-9-11-19-12-14-24-15-13-19/h2-4,6-7H,5,8-15H2,1H3,(H,18,21). The Kier molecular flexibility index (Phi) is 7.67. The van der Waals surface area contributed by atoms with Crippen LogP contribution < -0.4 is 9.62 Å². The molecule has 1 N–H and O–H groups in total. The number of carbonyl (C=O) groups is 1. The van der Waals surface area contributed by atoms with Crippen LogP contribution in [-0.2, 0) is 19.6 Å². The number of benzene rings is 1. The summed E-state index contributed by atoms with van der Waals surface area (Å²) in [6.07, 6.45) is 1.97. The highest BCUT2D eigenvalue weighted by atomic mass is 32.2. The van der Waals surface area contributed by atoms with Gasteiger partial charge in [0.1, 0.15) is 0 Å². The Morgan fingerprint density at radius 3 is 2.56 bits per heavy atom. The lowest BCUT2D eigenvalue weighted by Gasteiger charge is -2.26. The van der Waals surface area contributed by atoms with Crippen molar-refractivity contribution in [3.05, 3.63) is 30.3 Å². The summed E-state index contributed by atoms with van der Waals surface area (Å²) in [7, 11) is -3.36. The van der Waals surface area contributed by atoms with Crippen molar-refractivity contribution in [1.29, 1.82) is 0 Å². The molecule has 0 aliphatic carbocycles. The van der Waals surface area contributed by atoms with Crippen molar-refractivity contribution in [1.82, 2.24) is 10.2 Å². The maximum atomic E-state index is 12.0. The summed E-state index contributed by atoms with van der Waals surface area (Å²) in [5.74, 6) is -0.0465. The van der Waals surface area contributed by atoms with Crippen LogP contribution in [0.2, 0.25) is 0 Å². The molecule has 0 radical (unpaired) electrons. The van der Waals surface area contributed by atoms with Crippen LogP contribution in [0.3, 0.4) is 0 Å². The Balaban J connectivity index is 1.71. The number of sulfonamides is 1. The predicted octanol–water partition coefficient (Wildman–Crippen LogP) is 0.681. The molecule has 0 bridgehead atoms. The monoisotopic (exact) mass is 369 g/mol. The van der Waals surface area contributed by atoms with Crippen molar-refractivity contribution >= 4 is 21.6 Å². The normalized spacial score (nSPS) is 15.7. The van der Waals surface area contributed by atoms with Crippen molar-refractivity contribution in [3.63, 3.8) is 0 Å². The van der Waals surface area contributed by atoms with Gasteiger partial charge >= 0.3 is 0 Å². The lowest BCUT2D eigenvalue weighted by atomic mass is 10.2. The number of hydrogen-bond donors (Lipinski definition) is 1. The minimum atomic E-state index is -3.36. The molecule has 1 aliphatic heterocycles. The molecule has 1 saturated heterocycles. The summed E-state index contributed by atoms with van der Waals surface area (Å²) in [6.45, 7) is 5.00. The van der Waals surface area contributed by atoms with Crippen molar-refractivity contribution < 1.29 is 17.9 Å². The second-order valence-corrected chi connectivity index (χ2v) is 7.99. The SMILES string of the molecule is CS(=O)(=O)N(CCCC(=O)NCCN1CCOCC1)c1ccccc1. The molecule has 1 aromatic carbocycles. The van der Waals surface area contributed by atoms with Gasteiger partial charge in [-0.2, -0.15) is 0 Å². The zero-order valence-electron chi connectivity index (χ0n) is 14.7. The van der Waals surface area contributed by atoms with E-state index in [0.717, 1.165) is 32.8 Å². The van der Waals surface area contributed by atoms with E-state index in [-0.39, 0.29) is 5.91 Å². The smallest absolute Gasteiger partial charge is 0.232 e. The van der Waals surface area contributed by atoms with E-state index in [9.17, 15) is 13.2 Å². The largest absolute Gasteiger partial charge is 0.379 e. The third-order valence-electron chi connectivity index (χ3n) is 4.06. The summed E-state index contributed by atoms with van der Waals surface area (Å²) < 4.78 is 30.6. The summed E-state index contributed by atoms with van der Waals surface area (Å²) in [5.41, 5.74) is 0.623. The first kappa shape index (κ1) is 19.7. The minimum Gasteiger partial charge on any atom is -0.379 e. The maximum Gasteiger partial charge on any atom is 0.232 e. The second kappa shape index (κ2) is 9.74. The van der Waals surface area contributed by atoms with Crippen molar-refractivity contribution in [2.24, 2.45) is 0 Å². The van der Waals surface area contributed by atoms with E-state index in [2.05, 4.69) is 10.2 Å². The van der Waals surface area contributed by atoms with Gasteiger partial charge in [-0.3, -0.25) is 14.0 Å². The highest BCUT2D eigenvalue weighted by Crippen LogP contribution is 2.17. The van der Waals surface area contributed by atoms with Gasteiger partial charge in [-0.25, -0.2) is 8.42 Å². The van der Waals surface area contributed by atoms with E-state index in [1.165, 1.54) is 10.6 Å². The number of nitrogens with one attached hydrogen (secondary N) is 1. The van der Waals surface area contributed by atoms with Gasteiger partial charge in [0.2, 0.25) is 15.9 Å². The van der Waals surface area contributed by atoms with Gasteiger partial charge in [-0.05, 0) is 18.6 Å². The maximum absolute atomic E-state index is 12.0. The molecule has 0 atom stereocenters. The van der Waals surface area contributed by atoms with Crippen molar-refractivity contribution in [2.75, 3.05) is 56.5 Å². The Hall–Kier alpha value is -1.64. The number of anilines is 1. The molecule has 8 heteroatoms. The van der Waals surface area contributed by atoms with E-state index in [0.29, 0.717) is 31.6 Å². The van der Waals surface area contributed by atoms with Gasteiger partial charge in [0.25, 0.3) is 0 Å². The van der Waals surface area contributed by atoms with Crippen LogP contribution in [0.1, 0.15) is 12.8 Å². The average Bonchev–Trinajstić information content (AvgIpc) is 2.59. The molecule has 1 aromatic rings. The molecule has 1 heterocycles. The van der Waals surface area contributed by atoms with Gasteiger partial charge in [0.05, 0.1) is 25.2 Å². The topological polar surface area (TPSA) is 79.0 Å². The first-order valence-corrected chi connectivity index (χ1v) is 10.4. The molecule has 1 aliphatic rings. The van der Waals surface area contributed by atoms with E-state index in [1.807, 2.05) is 6.07 Å². The second-order valence-electron chi connectivity index (χ2n) is 6.08. The van der Waals surface area contributed by atoms with E-state index >= 15 is 0 Å². The summed E-state index contributed by atoms with van der Waals surface area (Å²) in [4.78, 5) is 14.2. The number of para-hydroxylation sites is 1. The van der Waals surface area contributed by atoms with Gasteiger partial charge in [-0.1, -0.05) is 18.2 Å². The molecule has 7 nitrogen and oxygen atoms in total. The molecule has 0 aromatic heterocycles. The first-order chi connectivity index (χ1) is 12.0. The molecule has 0 spiro atoms. The van der Waals surface area contributed by atoms with E-state index in [1.54, 1.807) is 24.3 Å². The molecule has 0 unspecified atom stereocenters. The highest BCUT2D eigenvalue weighted by Gasteiger charge is 2.17. The molecule has 2 rings (SSSR count). The fraction of sp³-hybridized carbons (Fsp3) is 0.588. The number of nitrogens with zero attached hydrogens (tertiary/aromatic N) is 2. The van der Waals surface area contributed by atoms with Crippen LogP contribution in [0, 0.1) is 0 Å². The van der Waals surface area contributed by atoms with Crippen LogP contribution in [0.5, 0.6) is 0 Å². The lowest BCUT2D eigenvalue weighted by Crippen LogP contribution is -2.41. The first-order valence-electron chi connectivity index (χ1n) is 8.56. The lowest BCUT2D eigenvalue weighted by molar-refractivity contribution is -0.121. The van der Waals surface area contributed by atoms with Gasteiger partial charge in [0, 0.05) is 39.1 Å². The van der Waals surface area contributed by atoms with Crippen molar-refractivity contribution in [2.45, 2.75) is 12.8 Å². The quantitative estimate of drug-likeness (QED) is 0.693.